The summed E-state index contributed by atoms with van der Waals surface area (Å²) in [6.45, 7) is 0.784. The Morgan fingerprint density at radius 2 is 1.35 bits per heavy atom. The normalized spacial score (nSPS) is 26.1. The van der Waals surface area contributed by atoms with Crippen molar-refractivity contribution in [3.05, 3.63) is 71.8 Å². The molecule has 0 bridgehead atoms. The molecule has 1 fully saturated rings. The molecule has 1 saturated heterocycles. The fourth-order valence-electron chi connectivity index (χ4n) is 3.67. The van der Waals surface area contributed by atoms with E-state index >= 15 is 0 Å². The van der Waals surface area contributed by atoms with Crippen LogP contribution in [-0.2, 0) is 41.6 Å². The van der Waals surface area contributed by atoms with E-state index in [1.54, 1.807) is 14.2 Å². The van der Waals surface area contributed by atoms with Crippen molar-refractivity contribution in [3.8, 4) is 0 Å². The first-order valence-corrected chi connectivity index (χ1v) is 10.5. The summed E-state index contributed by atoms with van der Waals surface area (Å²) in [5.41, 5.74) is 2.07. The van der Waals surface area contributed by atoms with Crippen molar-refractivity contribution in [2.24, 2.45) is 0 Å². The van der Waals surface area contributed by atoms with Crippen LogP contribution in [0.25, 0.3) is 0 Å². The van der Waals surface area contributed by atoms with E-state index in [9.17, 15) is 5.11 Å². The minimum atomic E-state index is -0.663. The van der Waals surface area contributed by atoms with Crippen molar-refractivity contribution in [3.63, 3.8) is 0 Å². The molecule has 1 heterocycles. The molecule has 31 heavy (non-hydrogen) atoms. The van der Waals surface area contributed by atoms with Gasteiger partial charge in [-0.15, -0.1) is 0 Å². The second kappa shape index (κ2) is 12.9. The summed E-state index contributed by atoms with van der Waals surface area (Å²) in [5.74, 6) is 0. The van der Waals surface area contributed by atoms with Crippen LogP contribution in [0.4, 0.5) is 0 Å². The molecule has 0 aromatic heterocycles. The van der Waals surface area contributed by atoms with E-state index in [2.05, 4.69) is 0 Å². The largest absolute Gasteiger partial charge is 0.396 e. The van der Waals surface area contributed by atoms with Gasteiger partial charge >= 0.3 is 0 Å². The zero-order valence-corrected chi connectivity index (χ0v) is 18.1. The smallest absolute Gasteiger partial charge is 0.186 e. The molecule has 3 rings (SSSR count). The average molecular weight is 433 g/mol. The number of methoxy groups -OCH3 is 2. The maximum Gasteiger partial charge on any atom is 0.186 e. The van der Waals surface area contributed by atoms with E-state index in [4.69, 9.17) is 28.4 Å². The first kappa shape index (κ1) is 23.8. The molecule has 0 amide bonds. The van der Waals surface area contributed by atoms with Crippen molar-refractivity contribution in [2.45, 2.75) is 50.3 Å². The molecule has 7 heteroatoms. The molecule has 0 unspecified atom stereocenters. The van der Waals surface area contributed by atoms with Gasteiger partial charge in [0.25, 0.3) is 0 Å². The minimum absolute atomic E-state index is 0.0467. The maximum atomic E-state index is 9.55. The van der Waals surface area contributed by atoms with Crippen molar-refractivity contribution in [1.82, 2.24) is 0 Å². The summed E-state index contributed by atoms with van der Waals surface area (Å²) < 4.78 is 35.4. The van der Waals surface area contributed by atoms with Gasteiger partial charge in [0.15, 0.2) is 6.29 Å². The summed E-state index contributed by atoms with van der Waals surface area (Å²) in [6, 6.07) is 19.8. The summed E-state index contributed by atoms with van der Waals surface area (Å²) in [6.07, 6.45) is -2.24. The van der Waals surface area contributed by atoms with Crippen LogP contribution >= 0.6 is 0 Å². The number of hydrogen-bond acceptors (Lipinski definition) is 7. The monoisotopic (exact) mass is 432 g/mol. The van der Waals surface area contributed by atoms with Crippen molar-refractivity contribution >= 4 is 0 Å². The number of benzene rings is 2. The van der Waals surface area contributed by atoms with Crippen molar-refractivity contribution in [2.75, 3.05) is 27.6 Å². The van der Waals surface area contributed by atoms with Crippen LogP contribution in [0, 0.1) is 0 Å². The van der Waals surface area contributed by atoms with Gasteiger partial charge in [-0.05, 0) is 17.5 Å². The zero-order chi connectivity index (χ0) is 21.9. The molecule has 0 spiro atoms. The molecule has 1 aliphatic heterocycles. The Hall–Kier alpha value is -1.84. The number of aliphatic hydroxyl groups is 1. The van der Waals surface area contributed by atoms with Crippen LogP contribution in [0.3, 0.4) is 0 Å². The molecule has 7 nitrogen and oxygen atoms in total. The summed E-state index contributed by atoms with van der Waals surface area (Å²) in [4.78, 5) is 0. The van der Waals surface area contributed by atoms with Crippen LogP contribution in [0.2, 0.25) is 0 Å². The van der Waals surface area contributed by atoms with E-state index < -0.39 is 30.7 Å². The lowest BCUT2D eigenvalue weighted by molar-refractivity contribution is -0.324. The van der Waals surface area contributed by atoms with Crippen molar-refractivity contribution in [1.29, 1.82) is 0 Å². The molecule has 5 atom stereocenters. The SMILES string of the molecule is COCO[C@H]1[C@H](OCc2ccccc2)[C@@H](OCc2ccccc2)[C@@H](OC)O[C@@H]1CCO. The molecule has 2 aromatic rings. The topological polar surface area (TPSA) is 75.6 Å². The summed E-state index contributed by atoms with van der Waals surface area (Å²) >= 11 is 0. The molecular formula is C24H32O7. The number of aliphatic hydroxyl groups excluding tert-OH is 1. The standard InChI is InChI=1S/C24H32O7/c1-26-17-30-21-20(13-14-25)31-24(27-2)23(29-16-19-11-7-4-8-12-19)22(21)28-15-18-9-5-3-6-10-18/h3-12,20-25H,13-17H2,1-2H3/t20-,21-,22+,23-,24+/m1/s1. The second-order valence-electron chi connectivity index (χ2n) is 7.35. The van der Waals surface area contributed by atoms with Gasteiger partial charge < -0.3 is 33.5 Å². The zero-order valence-electron chi connectivity index (χ0n) is 18.1. The average Bonchev–Trinajstić information content (AvgIpc) is 2.82. The highest BCUT2D eigenvalue weighted by molar-refractivity contribution is 5.14. The fourth-order valence-corrected chi connectivity index (χ4v) is 3.67. The molecular weight excluding hydrogens is 400 g/mol. The van der Waals surface area contributed by atoms with Crippen LogP contribution in [0.5, 0.6) is 0 Å². The molecule has 2 aromatic carbocycles. The van der Waals surface area contributed by atoms with E-state index in [-0.39, 0.29) is 13.4 Å². The Morgan fingerprint density at radius 3 is 1.87 bits per heavy atom. The van der Waals surface area contributed by atoms with E-state index in [1.165, 1.54) is 0 Å². The highest BCUT2D eigenvalue weighted by Crippen LogP contribution is 2.31. The summed E-state index contributed by atoms with van der Waals surface area (Å²) in [5, 5.41) is 9.55. The Morgan fingerprint density at radius 1 is 0.774 bits per heavy atom. The number of hydrogen-bond donors (Lipinski definition) is 1. The van der Waals surface area contributed by atoms with Gasteiger partial charge in [0.05, 0.1) is 19.3 Å². The third-order valence-electron chi connectivity index (χ3n) is 5.19. The quantitative estimate of drug-likeness (QED) is 0.517. The van der Waals surface area contributed by atoms with Crippen LogP contribution in [-0.4, -0.2) is 63.4 Å². The Bertz CT molecular complexity index is 727. The van der Waals surface area contributed by atoms with E-state index in [0.29, 0.717) is 19.6 Å². The van der Waals surface area contributed by atoms with Gasteiger partial charge in [-0.25, -0.2) is 0 Å². The molecule has 0 saturated carbocycles. The van der Waals surface area contributed by atoms with Gasteiger partial charge in [-0.3, -0.25) is 0 Å². The lowest BCUT2D eigenvalue weighted by atomic mass is 9.96. The van der Waals surface area contributed by atoms with Gasteiger partial charge in [-0.1, -0.05) is 60.7 Å². The Kier molecular flexibility index (Phi) is 9.89. The first-order valence-electron chi connectivity index (χ1n) is 10.5. The minimum Gasteiger partial charge on any atom is -0.396 e. The van der Waals surface area contributed by atoms with Crippen LogP contribution < -0.4 is 0 Å². The third-order valence-corrected chi connectivity index (χ3v) is 5.19. The van der Waals surface area contributed by atoms with E-state index in [1.807, 2.05) is 60.7 Å². The third kappa shape index (κ3) is 6.82. The van der Waals surface area contributed by atoms with Gasteiger partial charge in [0, 0.05) is 20.8 Å². The Labute approximate surface area is 183 Å². The second-order valence-corrected chi connectivity index (χ2v) is 7.35. The van der Waals surface area contributed by atoms with Crippen LogP contribution in [0.15, 0.2) is 60.7 Å². The lowest BCUT2D eigenvalue weighted by Crippen LogP contribution is -2.60. The predicted molar refractivity (Wildman–Crippen MR) is 114 cm³/mol. The highest BCUT2D eigenvalue weighted by atomic mass is 16.7. The van der Waals surface area contributed by atoms with Gasteiger partial charge in [0.2, 0.25) is 0 Å². The molecule has 170 valence electrons. The fraction of sp³-hybridized carbons (Fsp3) is 0.500. The molecule has 0 radical (unpaired) electrons. The van der Waals surface area contributed by atoms with Crippen LogP contribution in [0.1, 0.15) is 17.5 Å². The van der Waals surface area contributed by atoms with Gasteiger partial charge in [0.1, 0.15) is 25.1 Å². The first-order chi connectivity index (χ1) is 15.3. The van der Waals surface area contributed by atoms with Gasteiger partial charge in [-0.2, -0.15) is 0 Å². The van der Waals surface area contributed by atoms with E-state index in [0.717, 1.165) is 11.1 Å². The lowest BCUT2D eigenvalue weighted by Gasteiger charge is -2.45. The summed E-state index contributed by atoms with van der Waals surface area (Å²) in [7, 11) is 3.13. The maximum absolute atomic E-state index is 9.55. The number of rotatable bonds is 12. The highest BCUT2D eigenvalue weighted by Gasteiger charge is 2.48. The molecule has 1 N–H and O–H groups in total. The number of ether oxygens (including phenoxy) is 6. The molecule has 0 aliphatic carbocycles. The Balaban J connectivity index is 1.82. The predicted octanol–water partition coefficient (Wildman–Crippen LogP) is 2.90. The van der Waals surface area contributed by atoms with Crippen molar-refractivity contribution < 1.29 is 33.5 Å². The molecule has 1 aliphatic rings.